The highest BCUT2D eigenvalue weighted by atomic mass is 35.5. The summed E-state index contributed by atoms with van der Waals surface area (Å²) in [6.45, 7) is 11.3. The van der Waals surface area contributed by atoms with Crippen molar-refractivity contribution in [2.45, 2.75) is 71.2 Å². The fourth-order valence-corrected chi connectivity index (χ4v) is 5.64. The van der Waals surface area contributed by atoms with E-state index in [-0.39, 0.29) is 6.09 Å². The lowest BCUT2D eigenvalue weighted by molar-refractivity contribution is -0.00411. The number of rotatable bonds is 7. The molecule has 2 fully saturated rings. The molecule has 0 atom stereocenters. The van der Waals surface area contributed by atoms with Crippen molar-refractivity contribution < 1.29 is 14.3 Å². The van der Waals surface area contributed by atoms with Gasteiger partial charge in [-0.05, 0) is 82.5 Å². The van der Waals surface area contributed by atoms with Gasteiger partial charge in [0.25, 0.3) is 0 Å². The molecule has 1 aromatic carbocycles. The normalized spacial score (nSPS) is 18.1. The molecule has 3 aromatic rings. The van der Waals surface area contributed by atoms with E-state index in [1.807, 2.05) is 31.7 Å². The number of benzene rings is 1. The summed E-state index contributed by atoms with van der Waals surface area (Å²) in [6, 6.07) is 10.4. The topological polar surface area (TPSA) is 83.6 Å². The SMILES string of the molecule is CC(C)(C)OC(=O)N1CCC(CCN2CCC(OCc3ccc(-c4cc5c(Cl)ncnc5[nH]4)cc3)CC2)CC1. The minimum Gasteiger partial charge on any atom is -0.444 e. The summed E-state index contributed by atoms with van der Waals surface area (Å²) < 4.78 is 11.8. The number of nitrogens with zero attached hydrogens (tertiary/aromatic N) is 4. The Labute approximate surface area is 236 Å². The Balaban J connectivity index is 0.995. The number of fused-ring (bicyclic) bond motifs is 1. The summed E-state index contributed by atoms with van der Waals surface area (Å²) >= 11 is 6.18. The van der Waals surface area contributed by atoms with Crippen LogP contribution in [-0.4, -0.2) is 75.3 Å². The molecule has 5 rings (SSSR count). The van der Waals surface area contributed by atoms with Crippen LogP contribution in [0, 0.1) is 5.92 Å². The summed E-state index contributed by atoms with van der Waals surface area (Å²) in [6.07, 6.45) is 7.10. The molecule has 8 nitrogen and oxygen atoms in total. The molecule has 0 spiro atoms. The number of amides is 1. The van der Waals surface area contributed by atoms with Crippen molar-refractivity contribution in [1.82, 2.24) is 24.8 Å². The van der Waals surface area contributed by atoms with Crippen molar-refractivity contribution >= 4 is 28.7 Å². The number of halogens is 1. The Hall–Kier alpha value is -2.68. The predicted octanol–water partition coefficient (Wildman–Crippen LogP) is 6.30. The average molecular weight is 554 g/mol. The standard InChI is InChI=1S/C30H40ClN5O3/c1-30(2,3)39-29(37)36-16-9-21(10-17-36)8-13-35-14-11-24(12-15-35)38-19-22-4-6-23(7-5-22)26-18-25-27(31)32-20-33-28(25)34-26/h4-7,18,20-21,24H,8-17,19H2,1-3H3,(H,32,33,34). The van der Waals surface area contributed by atoms with Gasteiger partial charge in [-0.3, -0.25) is 0 Å². The van der Waals surface area contributed by atoms with Gasteiger partial charge in [0.15, 0.2) is 0 Å². The monoisotopic (exact) mass is 553 g/mol. The van der Waals surface area contributed by atoms with Gasteiger partial charge in [0.05, 0.1) is 18.1 Å². The van der Waals surface area contributed by atoms with Gasteiger partial charge in [-0.2, -0.15) is 0 Å². The van der Waals surface area contributed by atoms with Crippen molar-refractivity contribution in [3.05, 3.63) is 47.4 Å². The van der Waals surface area contributed by atoms with Crippen LogP contribution in [0.5, 0.6) is 0 Å². The smallest absolute Gasteiger partial charge is 0.410 e. The average Bonchev–Trinajstić information content (AvgIpc) is 3.37. The molecule has 0 unspecified atom stereocenters. The first kappa shape index (κ1) is 27.9. The Morgan fingerprint density at radius 3 is 2.44 bits per heavy atom. The van der Waals surface area contributed by atoms with Gasteiger partial charge < -0.3 is 24.3 Å². The number of ether oxygens (including phenoxy) is 2. The van der Waals surface area contributed by atoms with Crippen LogP contribution in [0.4, 0.5) is 4.79 Å². The molecule has 1 N–H and O–H groups in total. The zero-order valence-corrected chi connectivity index (χ0v) is 24.0. The van der Waals surface area contributed by atoms with E-state index in [9.17, 15) is 4.79 Å². The van der Waals surface area contributed by atoms with E-state index in [0.29, 0.717) is 23.8 Å². The van der Waals surface area contributed by atoms with Gasteiger partial charge in [-0.15, -0.1) is 0 Å². The zero-order valence-electron chi connectivity index (χ0n) is 23.3. The van der Waals surface area contributed by atoms with Crippen LogP contribution in [0.25, 0.3) is 22.3 Å². The predicted molar refractivity (Wildman–Crippen MR) is 154 cm³/mol. The maximum Gasteiger partial charge on any atom is 0.410 e. The first-order chi connectivity index (χ1) is 18.7. The Morgan fingerprint density at radius 2 is 1.77 bits per heavy atom. The van der Waals surface area contributed by atoms with E-state index in [4.69, 9.17) is 21.1 Å². The third-order valence-corrected chi connectivity index (χ3v) is 8.08. The molecule has 2 aliphatic rings. The number of likely N-dealkylation sites (tertiary alicyclic amines) is 2. The minimum atomic E-state index is -0.432. The first-order valence-electron chi connectivity index (χ1n) is 14.1. The molecule has 9 heteroatoms. The molecule has 210 valence electrons. The van der Waals surface area contributed by atoms with Crippen molar-refractivity contribution in [3.8, 4) is 11.3 Å². The number of hydrogen-bond donors (Lipinski definition) is 1. The van der Waals surface area contributed by atoms with Crippen molar-refractivity contribution in [1.29, 1.82) is 0 Å². The molecule has 4 heterocycles. The van der Waals surface area contributed by atoms with Crippen molar-refractivity contribution in [3.63, 3.8) is 0 Å². The van der Waals surface area contributed by atoms with E-state index in [2.05, 4.69) is 44.1 Å². The maximum atomic E-state index is 12.3. The zero-order chi connectivity index (χ0) is 27.4. The number of aromatic nitrogens is 3. The highest BCUT2D eigenvalue weighted by molar-refractivity contribution is 6.34. The third-order valence-electron chi connectivity index (χ3n) is 7.78. The fraction of sp³-hybridized carbons (Fsp3) is 0.567. The summed E-state index contributed by atoms with van der Waals surface area (Å²) in [5.74, 6) is 0.690. The van der Waals surface area contributed by atoms with Crippen LogP contribution in [0.2, 0.25) is 5.15 Å². The lowest BCUT2D eigenvalue weighted by atomic mass is 9.93. The second-order valence-corrected chi connectivity index (χ2v) is 12.2. The van der Waals surface area contributed by atoms with E-state index in [0.717, 1.165) is 80.7 Å². The van der Waals surface area contributed by atoms with Gasteiger partial charge in [0.1, 0.15) is 22.7 Å². The largest absolute Gasteiger partial charge is 0.444 e. The second-order valence-electron chi connectivity index (χ2n) is 11.9. The molecule has 0 saturated carbocycles. The summed E-state index contributed by atoms with van der Waals surface area (Å²) in [7, 11) is 0. The number of hydrogen-bond acceptors (Lipinski definition) is 6. The van der Waals surface area contributed by atoms with Gasteiger partial charge in [-0.1, -0.05) is 35.9 Å². The van der Waals surface area contributed by atoms with E-state index in [1.165, 1.54) is 18.3 Å². The van der Waals surface area contributed by atoms with Crippen LogP contribution < -0.4 is 0 Å². The molecule has 2 aromatic heterocycles. The van der Waals surface area contributed by atoms with Crippen molar-refractivity contribution in [2.75, 3.05) is 32.7 Å². The second kappa shape index (κ2) is 12.2. The molecular weight excluding hydrogens is 514 g/mol. The number of H-pyrrole nitrogens is 1. The molecule has 0 radical (unpaired) electrons. The number of piperidine rings is 2. The van der Waals surface area contributed by atoms with E-state index in [1.54, 1.807) is 0 Å². The Morgan fingerprint density at radius 1 is 1.05 bits per heavy atom. The van der Waals surface area contributed by atoms with Gasteiger partial charge >= 0.3 is 6.09 Å². The Kier molecular flexibility index (Phi) is 8.74. The van der Waals surface area contributed by atoms with E-state index < -0.39 is 5.60 Å². The first-order valence-corrected chi connectivity index (χ1v) is 14.5. The van der Waals surface area contributed by atoms with Crippen molar-refractivity contribution in [2.24, 2.45) is 5.92 Å². The van der Waals surface area contributed by atoms with Crippen LogP contribution in [-0.2, 0) is 16.1 Å². The summed E-state index contributed by atoms with van der Waals surface area (Å²) in [5.41, 5.74) is 3.54. The summed E-state index contributed by atoms with van der Waals surface area (Å²) in [5, 5.41) is 1.29. The van der Waals surface area contributed by atoms with E-state index >= 15 is 0 Å². The molecular formula is C30H40ClN5O3. The molecule has 0 aliphatic carbocycles. The van der Waals surface area contributed by atoms with Gasteiger partial charge in [0, 0.05) is 31.9 Å². The maximum absolute atomic E-state index is 12.3. The minimum absolute atomic E-state index is 0.172. The third kappa shape index (κ3) is 7.50. The highest BCUT2D eigenvalue weighted by Gasteiger charge is 2.27. The molecule has 2 aliphatic heterocycles. The Bertz CT molecular complexity index is 1240. The summed E-state index contributed by atoms with van der Waals surface area (Å²) in [4.78, 5) is 28.3. The molecule has 1 amide bonds. The quantitative estimate of drug-likeness (QED) is 0.346. The number of carbonyl (C=O) groups is 1. The molecule has 2 saturated heterocycles. The number of aromatic amines is 1. The van der Waals surface area contributed by atoms with Gasteiger partial charge in [0.2, 0.25) is 0 Å². The number of nitrogens with one attached hydrogen (secondary N) is 1. The van der Waals surface area contributed by atoms with Crippen LogP contribution in [0.1, 0.15) is 58.4 Å². The highest BCUT2D eigenvalue weighted by Crippen LogP contribution is 2.27. The van der Waals surface area contributed by atoms with Gasteiger partial charge in [-0.25, -0.2) is 14.8 Å². The molecule has 0 bridgehead atoms. The fourth-order valence-electron chi connectivity index (χ4n) is 5.46. The van der Waals surface area contributed by atoms with Crippen LogP contribution in [0.3, 0.4) is 0 Å². The van der Waals surface area contributed by atoms with Crippen LogP contribution >= 0.6 is 11.6 Å². The lowest BCUT2D eigenvalue weighted by Gasteiger charge is -2.35. The molecule has 39 heavy (non-hydrogen) atoms. The number of carbonyl (C=O) groups excluding carboxylic acids is 1. The van der Waals surface area contributed by atoms with Crippen LogP contribution in [0.15, 0.2) is 36.7 Å². The lowest BCUT2D eigenvalue weighted by Crippen LogP contribution is -2.42.